The Morgan fingerprint density at radius 2 is 2.29 bits per heavy atom. The summed E-state index contributed by atoms with van der Waals surface area (Å²) < 4.78 is 0. The lowest BCUT2D eigenvalue weighted by molar-refractivity contribution is 0.584. The van der Waals surface area contributed by atoms with E-state index in [2.05, 4.69) is 50.6 Å². The third kappa shape index (κ3) is 3.07. The molecule has 76 valence electrons. The fourth-order valence-electron chi connectivity index (χ4n) is 1.59. The highest BCUT2D eigenvalue weighted by molar-refractivity contribution is 8.22. The van der Waals surface area contributed by atoms with E-state index in [9.17, 15) is 0 Å². The first-order valence-corrected chi connectivity index (χ1v) is 6.13. The Morgan fingerprint density at radius 3 is 2.86 bits per heavy atom. The molecule has 0 aromatic carbocycles. The van der Waals surface area contributed by atoms with E-state index in [1.54, 1.807) is 0 Å². The maximum absolute atomic E-state index is 3.31. The van der Waals surface area contributed by atoms with E-state index < -0.39 is 0 Å². The molecule has 0 aromatic rings. The molecule has 0 spiro atoms. The first kappa shape index (κ1) is 11.7. The largest absolute Gasteiger partial charge is 0.308 e. The van der Waals surface area contributed by atoms with Crippen molar-refractivity contribution in [3.05, 3.63) is 34.8 Å². The van der Waals surface area contributed by atoms with Crippen LogP contribution in [0.1, 0.15) is 20.3 Å². The summed E-state index contributed by atoms with van der Waals surface area (Å²) in [4.78, 5) is 1.42. The van der Waals surface area contributed by atoms with E-state index in [4.69, 9.17) is 0 Å². The summed E-state index contributed by atoms with van der Waals surface area (Å²) in [5.41, 5.74) is 1.33. The minimum atomic E-state index is 0.00449. The van der Waals surface area contributed by atoms with Crippen LogP contribution >= 0.6 is 11.6 Å². The lowest BCUT2D eigenvalue weighted by Crippen LogP contribution is -2.35. The van der Waals surface area contributed by atoms with Crippen molar-refractivity contribution < 1.29 is 0 Å². The predicted molar refractivity (Wildman–Crippen MR) is 69.2 cm³/mol. The van der Waals surface area contributed by atoms with Crippen molar-refractivity contribution in [2.75, 3.05) is 7.05 Å². The molecule has 0 heterocycles. The van der Waals surface area contributed by atoms with Crippen LogP contribution in [0.4, 0.5) is 0 Å². The van der Waals surface area contributed by atoms with Gasteiger partial charge in [-0.25, -0.2) is 0 Å². The molecule has 1 nitrogen and oxygen atoms in total. The Hall–Kier alpha value is -0.405. The topological polar surface area (TPSA) is 12.0 Å². The highest BCUT2D eigenvalue weighted by Gasteiger charge is 2.15. The molecule has 0 saturated carbocycles. The molecule has 1 rings (SSSR count). The third-order valence-corrected chi connectivity index (χ3v) is 3.31. The van der Waals surface area contributed by atoms with Crippen LogP contribution in [0.25, 0.3) is 0 Å². The SMILES string of the molecule is BS/C1=C/C(C)=C\C(C)(NC)/C=C\C1. The van der Waals surface area contributed by atoms with Crippen LogP contribution in [0.2, 0.25) is 0 Å². The smallest absolute Gasteiger partial charge is 0.179 e. The van der Waals surface area contributed by atoms with E-state index in [-0.39, 0.29) is 5.54 Å². The van der Waals surface area contributed by atoms with Gasteiger partial charge in [0.05, 0.1) is 5.54 Å². The molecular weight excluding hydrogens is 189 g/mol. The van der Waals surface area contributed by atoms with Gasteiger partial charge in [-0.1, -0.05) is 29.9 Å². The molecule has 1 atom stereocenters. The highest BCUT2D eigenvalue weighted by atomic mass is 32.2. The number of hydrogen-bond donors (Lipinski definition) is 1. The molecule has 1 aliphatic carbocycles. The highest BCUT2D eigenvalue weighted by Crippen LogP contribution is 2.23. The average molecular weight is 207 g/mol. The molecule has 0 aliphatic heterocycles. The van der Waals surface area contributed by atoms with Crippen molar-refractivity contribution in [2.45, 2.75) is 25.8 Å². The van der Waals surface area contributed by atoms with Gasteiger partial charge in [-0.05, 0) is 32.2 Å². The lowest BCUT2D eigenvalue weighted by Gasteiger charge is -2.23. The third-order valence-electron chi connectivity index (χ3n) is 2.50. The van der Waals surface area contributed by atoms with Crippen molar-refractivity contribution >= 4 is 18.7 Å². The van der Waals surface area contributed by atoms with Crippen LogP contribution < -0.4 is 5.32 Å². The van der Waals surface area contributed by atoms with Crippen molar-refractivity contribution in [2.24, 2.45) is 0 Å². The zero-order valence-corrected chi connectivity index (χ0v) is 10.2. The maximum Gasteiger partial charge on any atom is 0.179 e. The summed E-state index contributed by atoms with van der Waals surface area (Å²) in [5.74, 6) is 0. The Bertz CT molecular complexity index is 294. The second-order valence-corrected chi connectivity index (χ2v) is 4.77. The molecule has 14 heavy (non-hydrogen) atoms. The standard InChI is InChI=1S/C11H18BNS/c1-9-7-10(14-12)5-4-6-11(2,8-9)13-3/h4,6-8,13H,5,12H2,1-3H3/b6-4-,9-8-,10-7+. The Morgan fingerprint density at radius 1 is 1.57 bits per heavy atom. The van der Waals surface area contributed by atoms with Crippen LogP contribution in [0, 0.1) is 0 Å². The predicted octanol–water partition coefficient (Wildman–Crippen LogP) is 2.04. The van der Waals surface area contributed by atoms with Gasteiger partial charge in [0.15, 0.2) is 7.12 Å². The Labute approximate surface area is 92.0 Å². The first-order chi connectivity index (χ1) is 6.59. The van der Waals surface area contributed by atoms with Crippen molar-refractivity contribution in [1.29, 1.82) is 0 Å². The minimum absolute atomic E-state index is 0.00449. The van der Waals surface area contributed by atoms with Crippen LogP contribution in [-0.4, -0.2) is 19.7 Å². The molecule has 3 heteroatoms. The molecule has 0 amide bonds. The van der Waals surface area contributed by atoms with E-state index in [0.29, 0.717) is 0 Å². The monoisotopic (exact) mass is 207 g/mol. The Balaban J connectivity index is 2.99. The van der Waals surface area contributed by atoms with Gasteiger partial charge in [0.1, 0.15) is 0 Å². The van der Waals surface area contributed by atoms with E-state index in [1.165, 1.54) is 10.5 Å². The van der Waals surface area contributed by atoms with E-state index in [0.717, 1.165) is 6.42 Å². The molecular formula is C11H18BNS. The number of nitrogens with one attached hydrogen (secondary N) is 1. The van der Waals surface area contributed by atoms with E-state index in [1.807, 2.05) is 18.7 Å². The molecule has 0 bridgehead atoms. The summed E-state index contributed by atoms with van der Waals surface area (Å²) in [6, 6.07) is 0. The van der Waals surface area contributed by atoms with Gasteiger partial charge in [0.2, 0.25) is 0 Å². The van der Waals surface area contributed by atoms with Crippen LogP contribution in [0.5, 0.6) is 0 Å². The van der Waals surface area contributed by atoms with Crippen molar-refractivity contribution in [3.8, 4) is 0 Å². The van der Waals surface area contributed by atoms with Gasteiger partial charge >= 0.3 is 0 Å². The number of likely N-dealkylation sites (N-methyl/N-ethyl adjacent to an activating group) is 1. The normalized spacial score (nSPS) is 37.4. The molecule has 0 radical (unpaired) electrons. The lowest BCUT2D eigenvalue weighted by atomic mass is 9.96. The molecule has 0 saturated heterocycles. The fourth-order valence-corrected chi connectivity index (χ4v) is 2.16. The summed E-state index contributed by atoms with van der Waals surface area (Å²) >= 11 is 1.83. The summed E-state index contributed by atoms with van der Waals surface area (Å²) in [7, 11) is 4.13. The van der Waals surface area contributed by atoms with Gasteiger partial charge in [-0.2, -0.15) is 11.6 Å². The molecule has 0 fully saturated rings. The summed E-state index contributed by atoms with van der Waals surface area (Å²) in [6.45, 7) is 4.34. The van der Waals surface area contributed by atoms with Gasteiger partial charge in [-0.15, -0.1) is 0 Å². The van der Waals surface area contributed by atoms with Gasteiger partial charge in [0, 0.05) is 0 Å². The minimum Gasteiger partial charge on any atom is -0.308 e. The Kier molecular flexibility index (Phi) is 4.08. The first-order valence-electron chi connectivity index (χ1n) is 4.90. The number of allylic oxidation sites excluding steroid dienone is 4. The quantitative estimate of drug-likeness (QED) is 0.549. The van der Waals surface area contributed by atoms with Crippen LogP contribution in [-0.2, 0) is 0 Å². The molecule has 1 unspecified atom stereocenters. The number of rotatable bonds is 2. The average Bonchev–Trinajstić information content (AvgIpc) is 2.13. The second-order valence-electron chi connectivity index (χ2n) is 3.84. The van der Waals surface area contributed by atoms with Gasteiger partial charge in [-0.3, -0.25) is 0 Å². The summed E-state index contributed by atoms with van der Waals surface area (Å²) in [5, 5.41) is 3.31. The second kappa shape index (κ2) is 4.90. The van der Waals surface area contributed by atoms with Crippen LogP contribution in [0.15, 0.2) is 34.8 Å². The van der Waals surface area contributed by atoms with Crippen molar-refractivity contribution in [1.82, 2.24) is 5.32 Å². The van der Waals surface area contributed by atoms with Gasteiger partial charge in [0.25, 0.3) is 0 Å². The summed E-state index contributed by atoms with van der Waals surface area (Å²) in [6.07, 6.45) is 10.0. The number of hydrogen-bond acceptors (Lipinski definition) is 2. The van der Waals surface area contributed by atoms with E-state index >= 15 is 0 Å². The van der Waals surface area contributed by atoms with Gasteiger partial charge < -0.3 is 5.32 Å². The molecule has 0 aromatic heterocycles. The van der Waals surface area contributed by atoms with Crippen molar-refractivity contribution in [3.63, 3.8) is 0 Å². The molecule has 1 N–H and O–H groups in total. The maximum atomic E-state index is 3.31. The fraction of sp³-hybridized carbons (Fsp3) is 0.455. The van der Waals surface area contributed by atoms with Crippen LogP contribution in [0.3, 0.4) is 0 Å². The molecule has 1 aliphatic rings. The zero-order valence-electron chi connectivity index (χ0n) is 9.42. The zero-order chi connectivity index (χ0) is 10.6.